The van der Waals surface area contributed by atoms with Crippen LogP contribution < -0.4 is 0 Å². The van der Waals surface area contributed by atoms with Crippen LogP contribution in [0.25, 0.3) is 11.3 Å². The van der Waals surface area contributed by atoms with E-state index in [1.165, 1.54) is 12.3 Å². The highest BCUT2D eigenvalue weighted by Gasteiger charge is 2.11. The van der Waals surface area contributed by atoms with Crippen LogP contribution in [-0.2, 0) is 0 Å². The highest BCUT2D eigenvalue weighted by Crippen LogP contribution is 2.25. The zero-order valence-corrected chi connectivity index (χ0v) is 8.03. The molecule has 0 aliphatic carbocycles. The van der Waals surface area contributed by atoms with E-state index in [1.807, 2.05) is 0 Å². The van der Waals surface area contributed by atoms with Gasteiger partial charge in [-0.3, -0.25) is 0 Å². The van der Waals surface area contributed by atoms with E-state index in [9.17, 15) is 9.90 Å². The highest BCUT2D eigenvalue weighted by molar-refractivity contribution is 5.83. The molecule has 0 bridgehead atoms. The van der Waals surface area contributed by atoms with Crippen LogP contribution >= 0.6 is 0 Å². The predicted molar refractivity (Wildman–Crippen MR) is 53.9 cm³/mol. The van der Waals surface area contributed by atoms with Crippen LogP contribution in [0, 0.1) is 0 Å². The molecule has 0 aliphatic heterocycles. The lowest BCUT2D eigenvalue weighted by molar-refractivity contribution is 0.0682. The van der Waals surface area contributed by atoms with Gasteiger partial charge in [0.1, 0.15) is 5.75 Å². The molecule has 0 unspecified atom stereocenters. The summed E-state index contributed by atoms with van der Waals surface area (Å²) in [6, 6.07) is 6.46. The van der Waals surface area contributed by atoms with Crippen molar-refractivity contribution >= 4 is 5.97 Å². The van der Waals surface area contributed by atoms with E-state index >= 15 is 0 Å². The standard InChI is InChI=1S/C10H7N3O3/c14-8-4-2-1-3-6(8)7-5-11-13-9(12-7)10(15)16/h1-5,14H,(H,15,16). The van der Waals surface area contributed by atoms with Gasteiger partial charge in [-0.25, -0.2) is 9.78 Å². The Hall–Kier alpha value is -2.50. The van der Waals surface area contributed by atoms with Gasteiger partial charge in [-0.1, -0.05) is 12.1 Å². The minimum atomic E-state index is -1.26. The maximum Gasteiger partial charge on any atom is 0.375 e. The largest absolute Gasteiger partial charge is 0.507 e. The van der Waals surface area contributed by atoms with Gasteiger partial charge in [0.25, 0.3) is 5.82 Å². The van der Waals surface area contributed by atoms with E-state index in [4.69, 9.17) is 5.11 Å². The Morgan fingerprint density at radius 3 is 2.69 bits per heavy atom. The van der Waals surface area contributed by atoms with Crippen molar-refractivity contribution in [2.24, 2.45) is 0 Å². The lowest BCUT2D eigenvalue weighted by atomic mass is 10.1. The van der Waals surface area contributed by atoms with Crippen LogP contribution in [-0.4, -0.2) is 31.4 Å². The molecular weight excluding hydrogens is 210 g/mol. The summed E-state index contributed by atoms with van der Waals surface area (Å²) in [5.41, 5.74) is 0.686. The molecular formula is C10H7N3O3. The quantitative estimate of drug-likeness (QED) is 0.777. The van der Waals surface area contributed by atoms with Crippen molar-refractivity contribution in [2.75, 3.05) is 0 Å². The maximum atomic E-state index is 10.6. The van der Waals surface area contributed by atoms with Crippen molar-refractivity contribution in [3.8, 4) is 17.0 Å². The third kappa shape index (κ3) is 1.81. The number of benzene rings is 1. The molecule has 2 aromatic rings. The van der Waals surface area contributed by atoms with Gasteiger partial charge in [-0.05, 0) is 12.1 Å². The average Bonchev–Trinajstić information content (AvgIpc) is 2.30. The van der Waals surface area contributed by atoms with Crippen LogP contribution in [0.1, 0.15) is 10.6 Å². The minimum absolute atomic E-state index is 0.0133. The Balaban J connectivity index is 2.53. The van der Waals surface area contributed by atoms with Gasteiger partial charge in [0, 0.05) is 5.56 Å². The molecule has 2 N–H and O–H groups in total. The first-order valence-electron chi connectivity index (χ1n) is 4.40. The summed E-state index contributed by atoms with van der Waals surface area (Å²) in [6.07, 6.45) is 1.29. The molecule has 0 radical (unpaired) electrons. The topological polar surface area (TPSA) is 96.2 Å². The molecule has 0 spiro atoms. The van der Waals surface area contributed by atoms with Crippen molar-refractivity contribution in [3.05, 3.63) is 36.3 Å². The first-order valence-corrected chi connectivity index (χ1v) is 4.40. The van der Waals surface area contributed by atoms with Gasteiger partial charge < -0.3 is 10.2 Å². The molecule has 6 heteroatoms. The van der Waals surface area contributed by atoms with Crippen molar-refractivity contribution in [1.82, 2.24) is 15.2 Å². The zero-order valence-electron chi connectivity index (χ0n) is 8.03. The lowest BCUT2D eigenvalue weighted by Crippen LogP contribution is -2.06. The number of aromatic nitrogens is 3. The summed E-state index contributed by atoms with van der Waals surface area (Å²) in [6.45, 7) is 0. The van der Waals surface area contributed by atoms with E-state index in [1.54, 1.807) is 18.2 Å². The Kier molecular flexibility index (Phi) is 2.47. The fraction of sp³-hybridized carbons (Fsp3) is 0. The normalized spacial score (nSPS) is 10.0. The van der Waals surface area contributed by atoms with Crippen LogP contribution in [0.4, 0.5) is 0 Å². The smallest absolute Gasteiger partial charge is 0.375 e. The first-order chi connectivity index (χ1) is 7.68. The molecule has 0 saturated heterocycles. The van der Waals surface area contributed by atoms with Crippen LogP contribution in [0.2, 0.25) is 0 Å². The number of hydrogen-bond acceptors (Lipinski definition) is 5. The van der Waals surface area contributed by atoms with Crippen LogP contribution in [0.5, 0.6) is 5.75 Å². The van der Waals surface area contributed by atoms with Crippen molar-refractivity contribution in [2.45, 2.75) is 0 Å². The Morgan fingerprint density at radius 1 is 1.25 bits per heavy atom. The highest BCUT2D eigenvalue weighted by atomic mass is 16.4. The molecule has 16 heavy (non-hydrogen) atoms. The number of aromatic hydroxyl groups is 1. The minimum Gasteiger partial charge on any atom is -0.507 e. The number of carbonyl (C=O) groups is 1. The number of aromatic carboxylic acids is 1. The average molecular weight is 217 g/mol. The summed E-state index contributed by atoms with van der Waals surface area (Å²) in [7, 11) is 0. The SMILES string of the molecule is O=C(O)c1nncc(-c2ccccc2O)n1. The second kappa shape index (κ2) is 3.93. The molecule has 80 valence electrons. The number of carboxylic acids is 1. The first kappa shape index (κ1) is 10.0. The number of hydrogen-bond donors (Lipinski definition) is 2. The van der Waals surface area contributed by atoms with E-state index in [2.05, 4.69) is 15.2 Å². The van der Waals surface area contributed by atoms with Gasteiger partial charge in [0.05, 0.1) is 11.9 Å². The Morgan fingerprint density at radius 2 is 2.00 bits per heavy atom. The molecule has 0 fully saturated rings. The Labute approximate surface area is 90.2 Å². The summed E-state index contributed by atoms with van der Waals surface area (Å²) in [5.74, 6) is -1.65. The molecule has 1 aromatic carbocycles. The van der Waals surface area contributed by atoms with Gasteiger partial charge in [-0.15, -0.1) is 5.10 Å². The summed E-state index contributed by atoms with van der Waals surface area (Å²) in [5, 5.41) is 25.1. The van der Waals surface area contributed by atoms with Crippen molar-refractivity contribution in [3.63, 3.8) is 0 Å². The fourth-order valence-corrected chi connectivity index (χ4v) is 1.21. The van der Waals surface area contributed by atoms with Gasteiger partial charge >= 0.3 is 5.97 Å². The third-order valence-corrected chi connectivity index (χ3v) is 1.93. The molecule has 0 saturated carbocycles. The Bertz CT molecular complexity index is 542. The molecule has 6 nitrogen and oxygen atoms in total. The zero-order chi connectivity index (χ0) is 11.5. The van der Waals surface area contributed by atoms with Crippen molar-refractivity contribution < 1.29 is 15.0 Å². The molecule has 1 heterocycles. The predicted octanol–water partition coefficient (Wildman–Crippen LogP) is 0.942. The fourth-order valence-electron chi connectivity index (χ4n) is 1.21. The van der Waals surface area contributed by atoms with E-state index < -0.39 is 11.8 Å². The number of carboxylic acid groups (broad SMARTS) is 1. The van der Waals surface area contributed by atoms with Crippen LogP contribution in [0.3, 0.4) is 0 Å². The van der Waals surface area contributed by atoms with Gasteiger partial charge in [0.15, 0.2) is 0 Å². The van der Waals surface area contributed by atoms with E-state index in [0.29, 0.717) is 5.56 Å². The molecule has 1 aromatic heterocycles. The van der Waals surface area contributed by atoms with Crippen LogP contribution in [0.15, 0.2) is 30.5 Å². The third-order valence-electron chi connectivity index (χ3n) is 1.93. The molecule has 2 rings (SSSR count). The number of phenolic OH excluding ortho intramolecular Hbond substituents is 1. The number of nitrogens with zero attached hydrogens (tertiary/aromatic N) is 3. The van der Waals surface area contributed by atoms with E-state index in [0.717, 1.165) is 0 Å². The molecule has 0 atom stereocenters. The monoisotopic (exact) mass is 217 g/mol. The van der Waals surface area contributed by atoms with E-state index in [-0.39, 0.29) is 11.4 Å². The molecule has 0 aliphatic rings. The van der Waals surface area contributed by atoms with Crippen molar-refractivity contribution in [1.29, 1.82) is 0 Å². The second-order valence-corrected chi connectivity index (χ2v) is 2.99. The maximum absolute atomic E-state index is 10.6. The van der Waals surface area contributed by atoms with Gasteiger partial charge in [0.2, 0.25) is 0 Å². The number of para-hydroxylation sites is 1. The summed E-state index contributed by atoms with van der Waals surface area (Å²) < 4.78 is 0. The second-order valence-electron chi connectivity index (χ2n) is 2.99. The molecule has 0 amide bonds. The number of rotatable bonds is 2. The summed E-state index contributed by atoms with van der Waals surface area (Å²) >= 11 is 0. The lowest BCUT2D eigenvalue weighted by Gasteiger charge is -2.02. The summed E-state index contributed by atoms with van der Waals surface area (Å²) in [4.78, 5) is 14.4. The van der Waals surface area contributed by atoms with Gasteiger partial charge in [-0.2, -0.15) is 5.10 Å². The number of phenols is 1.